The molecule has 11 nitrogen and oxygen atoms in total. The van der Waals surface area contributed by atoms with E-state index < -0.39 is 30.0 Å². The van der Waals surface area contributed by atoms with Crippen molar-refractivity contribution in [3.63, 3.8) is 0 Å². The molecule has 0 saturated heterocycles. The Labute approximate surface area is 237 Å². The van der Waals surface area contributed by atoms with Crippen LogP contribution in [0.4, 0.5) is 14.9 Å². The fourth-order valence-electron chi connectivity index (χ4n) is 4.00. The number of thiazole rings is 1. The van der Waals surface area contributed by atoms with Gasteiger partial charge >= 0.3 is 6.09 Å². The lowest BCUT2D eigenvalue weighted by molar-refractivity contribution is 0.0402. The number of aromatic nitrogens is 4. The highest BCUT2D eigenvalue weighted by Gasteiger charge is 2.22. The molecule has 2 amide bonds. The number of carbonyl (C=O) groups excluding carboxylic acids is 2. The number of aryl methyl sites for hydroxylation is 1. The van der Waals surface area contributed by atoms with Crippen molar-refractivity contribution in [3.8, 4) is 22.2 Å². The quantitative estimate of drug-likeness (QED) is 0.252. The van der Waals surface area contributed by atoms with E-state index in [1.54, 1.807) is 26.1 Å². The first-order valence-corrected chi connectivity index (χ1v) is 13.2. The van der Waals surface area contributed by atoms with Gasteiger partial charge in [0.1, 0.15) is 22.9 Å². The Kier molecular flexibility index (Phi) is 7.62. The van der Waals surface area contributed by atoms with Gasteiger partial charge in [0.25, 0.3) is 5.91 Å². The van der Waals surface area contributed by atoms with E-state index in [-0.39, 0.29) is 17.1 Å². The molecule has 0 fully saturated rings. The maximum Gasteiger partial charge on any atom is 0.412 e. The molecular formula is C28H25FN6O5S. The van der Waals surface area contributed by atoms with Crippen molar-refractivity contribution in [3.05, 3.63) is 65.9 Å². The van der Waals surface area contributed by atoms with Gasteiger partial charge in [-0.1, -0.05) is 0 Å². The summed E-state index contributed by atoms with van der Waals surface area (Å²) in [5.41, 5.74) is 9.02. The second-order valence-corrected chi connectivity index (χ2v) is 10.2. The number of amides is 2. The number of benzene rings is 2. The number of carbonyl (C=O) groups is 2. The van der Waals surface area contributed by atoms with Crippen molar-refractivity contribution in [2.45, 2.75) is 33.0 Å². The minimum absolute atomic E-state index is 0.00470. The van der Waals surface area contributed by atoms with Crippen LogP contribution in [0.15, 0.2) is 48.8 Å². The number of pyridine rings is 1. The number of methoxy groups -OCH3 is 1. The smallest absolute Gasteiger partial charge is 0.412 e. The number of nitrogens with two attached hydrogens (primary N) is 1. The normalized spacial score (nSPS) is 12.6. The SMILES string of the molecule is COc1cnc2c(-c3nc4cc(F)c(O[C@@H](C)[C@@H](C)OC(=O)Nc5ccnc(C(N)=O)c5)cc4s3)cc(C)cc2n1. The van der Waals surface area contributed by atoms with E-state index >= 15 is 4.39 Å². The Hall–Kier alpha value is -4.91. The minimum Gasteiger partial charge on any atom is -0.484 e. The van der Waals surface area contributed by atoms with Gasteiger partial charge in [0.15, 0.2) is 11.6 Å². The zero-order valence-corrected chi connectivity index (χ0v) is 23.3. The van der Waals surface area contributed by atoms with Gasteiger partial charge < -0.3 is 19.9 Å². The molecule has 0 radical (unpaired) electrons. The molecule has 5 rings (SSSR count). The van der Waals surface area contributed by atoms with E-state index in [0.29, 0.717) is 32.1 Å². The number of halogens is 1. The van der Waals surface area contributed by atoms with Crippen LogP contribution in [-0.4, -0.2) is 51.3 Å². The average Bonchev–Trinajstić information content (AvgIpc) is 3.34. The molecule has 0 aliphatic carbocycles. The summed E-state index contributed by atoms with van der Waals surface area (Å²) in [6, 6.07) is 9.56. The molecule has 3 aromatic heterocycles. The van der Waals surface area contributed by atoms with Gasteiger partial charge in [-0.2, -0.15) is 0 Å². The van der Waals surface area contributed by atoms with Crippen molar-refractivity contribution in [1.29, 1.82) is 0 Å². The number of hydrogen-bond donors (Lipinski definition) is 2. The van der Waals surface area contributed by atoms with Crippen LogP contribution in [0, 0.1) is 12.7 Å². The fraction of sp³-hybridized carbons (Fsp3) is 0.214. The molecular weight excluding hydrogens is 551 g/mol. The second-order valence-electron chi connectivity index (χ2n) is 9.21. The molecule has 0 aliphatic heterocycles. The summed E-state index contributed by atoms with van der Waals surface area (Å²) in [4.78, 5) is 41.1. The van der Waals surface area contributed by atoms with E-state index in [1.807, 2.05) is 19.1 Å². The number of ether oxygens (including phenoxy) is 3. The molecule has 0 saturated carbocycles. The van der Waals surface area contributed by atoms with Crippen LogP contribution in [0.2, 0.25) is 0 Å². The van der Waals surface area contributed by atoms with Crippen molar-refractivity contribution in [1.82, 2.24) is 19.9 Å². The molecule has 13 heteroatoms. The van der Waals surface area contributed by atoms with Crippen LogP contribution in [0.25, 0.3) is 31.8 Å². The molecule has 3 N–H and O–H groups in total. The number of hydrogen-bond acceptors (Lipinski definition) is 10. The Morgan fingerprint density at radius 2 is 1.85 bits per heavy atom. The maximum atomic E-state index is 15.0. The summed E-state index contributed by atoms with van der Waals surface area (Å²) in [6.45, 7) is 5.22. The van der Waals surface area contributed by atoms with Crippen LogP contribution in [-0.2, 0) is 4.74 Å². The summed E-state index contributed by atoms with van der Waals surface area (Å²) in [5.74, 6) is -0.935. The first kappa shape index (κ1) is 27.6. The largest absolute Gasteiger partial charge is 0.484 e. The molecule has 210 valence electrons. The standard InChI is InChI=1S/C28H25FN6O5S/c1-13-7-17(25-20(8-13)34-24(38-4)12-32-25)27-35-19-10-18(29)22(11-23(19)41-27)39-14(2)15(3)40-28(37)33-16-5-6-31-21(9-16)26(30)36/h5-12,14-15H,1-4H3,(H2,30,36)(H,31,33,37)/t14-,15+/m0/s1. The summed E-state index contributed by atoms with van der Waals surface area (Å²) >= 11 is 1.37. The predicted molar refractivity (Wildman–Crippen MR) is 152 cm³/mol. The van der Waals surface area contributed by atoms with Crippen molar-refractivity contribution < 1.29 is 28.2 Å². The van der Waals surface area contributed by atoms with Gasteiger partial charge in [-0.25, -0.2) is 24.1 Å². The molecule has 3 heterocycles. The van der Waals surface area contributed by atoms with Crippen LogP contribution in [0.3, 0.4) is 0 Å². The molecule has 41 heavy (non-hydrogen) atoms. The Morgan fingerprint density at radius 1 is 1.05 bits per heavy atom. The highest BCUT2D eigenvalue weighted by molar-refractivity contribution is 7.21. The number of nitrogens with zero attached hydrogens (tertiary/aromatic N) is 4. The minimum atomic E-state index is -0.788. The first-order chi connectivity index (χ1) is 19.6. The second kappa shape index (κ2) is 11.3. The van der Waals surface area contributed by atoms with Crippen molar-refractivity contribution in [2.24, 2.45) is 5.73 Å². The summed E-state index contributed by atoms with van der Waals surface area (Å²) < 4.78 is 32.2. The monoisotopic (exact) mass is 576 g/mol. The summed E-state index contributed by atoms with van der Waals surface area (Å²) in [7, 11) is 1.53. The number of fused-ring (bicyclic) bond motifs is 2. The lowest BCUT2D eigenvalue weighted by Gasteiger charge is -2.22. The predicted octanol–water partition coefficient (Wildman–Crippen LogP) is 5.26. The average molecular weight is 577 g/mol. The number of nitrogens with one attached hydrogen (secondary N) is 1. The highest BCUT2D eigenvalue weighted by Crippen LogP contribution is 2.37. The van der Waals surface area contributed by atoms with Gasteiger partial charge in [-0.05, 0) is 50.6 Å². The van der Waals surface area contributed by atoms with Crippen molar-refractivity contribution >= 4 is 50.3 Å². The zero-order chi connectivity index (χ0) is 29.3. The highest BCUT2D eigenvalue weighted by atomic mass is 32.1. The van der Waals surface area contributed by atoms with E-state index in [2.05, 4.69) is 25.3 Å². The van der Waals surface area contributed by atoms with Gasteiger partial charge in [0.05, 0.1) is 34.6 Å². The van der Waals surface area contributed by atoms with Gasteiger partial charge in [0.2, 0.25) is 5.88 Å². The van der Waals surface area contributed by atoms with Gasteiger partial charge in [-0.3, -0.25) is 15.1 Å². The van der Waals surface area contributed by atoms with Crippen molar-refractivity contribution in [2.75, 3.05) is 12.4 Å². The lowest BCUT2D eigenvalue weighted by Crippen LogP contribution is -2.32. The molecule has 0 unspecified atom stereocenters. The first-order valence-electron chi connectivity index (χ1n) is 12.4. The third kappa shape index (κ3) is 5.99. The van der Waals surface area contributed by atoms with Gasteiger partial charge in [0, 0.05) is 29.6 Å². The molecule has 0 bridgehead atoms. The topological polar surface area (TPSA) is 151 Å². The van der Waals surface area contributed by atoms with Crippen LogP contribution >= 0.6 is 11.3 Å². The Bertz CT molecular complexity index is 1800. The Balaban J connectivity index is 1.33. The third-order valence-corrected chi connectivity index (χ3v) is 7.23. The Morgan fingerprint density at radius 3 is 2.61 bits per heavy atom. The van der Waals surface area contributed by atoms with Crippen LogP contribution in [0.5, 0.6) is 11.6 Å². The summed E-state index contributed by atoms with van der Waals surface area (Å²) in [5, 5.41) is 3.16. The lowest BCUT2D eigenvalue weighted by atomic mass is 10.1. The van der Waals surface area contributed by atoms with E-state index in [4.69, 9.17) is 19.9 Å². The molecule has 5 aromatic rings. The zero-order valence-electron chi connectivity index (χ0n) is 22.5. The van der Waals surface area contributed by atoms with Gasteiger partial charge in [-0.15, -0.1) is 11.3 Å². The van der Waals surface area contributed by atoms with E-state index in [0.717, 1.165) is 11.1 Å². The van der Waals surface area contributed by atoms with Crippen LogP contribution in [0.1, 0.15) is 29.9 Å². The van der Waals surface area contributed by atoms with E-state index in [9.17, 15) is 9.59 Å². The number of primary amides is 1. The molecule has 0 spiro atoms. The summed E-state index contributed by atoms with van der Waals surface area (Å²) in [6.07, 6.45) is 0.628. The fourth-order valence-corrected chi connectivity index (χ4v) is 4.99. The maximum absolute atomic E-state index is 15.0. The van der Waals surface area contributed by atoms with Crippen LogP contribution < -0.4 is 20.5 Å². The molecule has 2 aromatic carbocycles. The van der Waals surface area contributed by atoms with E-state index in [1.165, 1.54) is 42.8 Å². The molecule has 0 aliphatic rings. The number of anilines is 1. The molecule has 2 atom stereocenters. The number of rotatable bonds is 8. The third-order valence-electron chi connectivity index (χ3n) is 6.18.